The van der Waals surface area contributed by atoms with Gasteiger partial charge in [0, 0.05) is 6.07 Å². The van der Waals surface area contributed by atoms with E-state index < -0.39 is 11.0 Å². The molecule has 0 spiro atoms. The van der Waals surface area contributed by atoms with E-state index in [-0.39, 0.29) is 47.2 Å². The maximum Gasteiger partial charge on any atom is 0.231 e. The molecule has 0 fully saturated rings. The smallest absolute Gasteiger partial charge is 0.231 e. The van der Waals surface area contributed by atoms with Gasteiger partial charge in [-0.3, -0.25) is 4.79 Å². The number of ether oxygens (including phenoxy) is 4. The average Bonchev–Trinajstić information content (AvgIpc) is 3.26. The van der Waals surface area contributed by atoms with Gasteiger partial charge in [-0.05, 0) is 51.0 Å². The minimum absolute atomic E-state index is 0.00663. The molecule has 35 heavy (non-hydrogen) atoms. The Labute approximate surface area is 202 Å². The lowest BCUT2D eigenvalue weighted by atomic mass is 10.0. The molecular formula is C27H28O8. The van der Waals surface area contributed by atoms with Gasteiger partial charge in [0.25, 0.3) is 0 Å². The monoisotopic (exact) mass is 480 g/mol. The Bertz CT molecular complexity index is 1360. The van der Waals surface area contributed by atoms with Crippen LogP contribution in [0.3, 0.4) is 0 Å². The highest BCUT2D eigenvalue weighted by atomic mass is 16.7. The predicted molar refractivity (Wildman–Crippen MR) is 132 cm³/mol. The Hall–Kier alpha value is -3.91. The summed E-state index contributed by atoms with van der Waals surface area (Å²) >= 11 is 0. The second kappa shape index (κ2) is 9.76. The first-order valence-electron chi connectivity index (χ1n) is 11.1. The Kier molecular flexibility index (Phi) is 6.75. The van der Waals surface area contributed by atoms with E-state index in [0.29, 0.717) is 23.5 Å². The second-order valence-electron chi connectivity index (χ2n) is 8.80. The highest BCUT2D eigenvalue weighted by Gasteiger charge is 2.22. The number of benzene rings is 2. The van der Waals surface area contributed by atoms with Gasteiger partial charge in [-0.2, -0.15) is 0 Å². The molecule has 2 aromatic carbocycles. The van der Waals surface area contributed by atoms with Gasteiger partial charge >= 0.3 is 0 Å². The van der Waals surface area contributed by atoms with Crippen molar-refractivity contribution in [1.82, 2.24) is 0 Å². The molecule has 0 bridgehead atoms. The standard InChI is InChI=1S/C27H28O8/c1-16(6-5-10-27(2,3)30)9-11-32-22-13-21-23(25(29)26(22)31-4)24(28)18(14-33-21)17-7-8-19-20(12-17)35-15-34-19/h5,7-10,12-14,29-30H,6,11,15H2,1-4H3. The van der Waals surface area contributed by atoms with Crippen molar-refractivity contribution < 1.29 is 33.6 Å². The lowest BCUT2D eigenvalue weighted by Crippen LogP contribution is -2.13. The van der Waals surface area contributed by atoms with Crippen LogP contribution in [0.1, 0.15) is 27.2 Å². The number of rotatable bonds is 8. The van der Waals surface area contributed by atoms with Crippen LogP contribution in [0, 0.1) is 0 Å². The number of hydrogen-bond donors (Lipinski definition) is 2. The number of allylic oxidation sites excluding steroid dienone is 2. The summed E-state index contributed by atoms with van der Waals surface area (Å²) in [6.07, 6.45) is 7.51. The summed E-state index contributed by atoms with van der Waals surface area (Å²) in [4.78, 5) is 13.3. The third kappa shape index (κ3) is 5.27. The molecule has 0 saturated heterocycles. The van der Waals surface area contributed by atoms with Crippen molar-refractivity contribution in [2.75, 3.05) is 20.5 Å². The quantitative estimate of drug-likeness (QED) is 0.436. The Morgan fingerprint density at radius 1 is 1.20 bits per heavy atom. The van der Waals surface area contributed by atoms with E-state index >= 15 is 0 Å². The predicted octanol–water partition coefficient (Wildman–Crippen LogP) is 4.95. The van der Waals surface area contributed by atoms with Gasteiger partial charge in [0.15, 0.2) is 23.0 Å². The van der Waals surface area contributed by atoms with E-state index in [1.807, 2.05) is 19.1 Å². The third-order valence-electron chi connectivity index (χ3n) is 5.48. The molecule has 0 radical (unpaired) electrons. The molecule has 0 saturated carbocycles. The number of methoxy groups -OCH3 is 1. The molecule has 8 heteroatoms. The molecule has 0 unspecified atom stereocenters. The van der Waals surface area contributed by atoms with E-state index in [1.54, 1.807) is 38.1 Å². The largest absolute Gasteiger partial charge is 0.504 e. The minimum atomic E-state index is -0.862. The van der Waals surface area contributed by atoms with Crippen LogP contribution in [0.2, 0.25) is 0 Å². The molecule has 1 aliphatic rings. The molecule has 2 N–H and O–H groups in total. The van der Waals surface area contributed by atoms with Crippen LogP contribution >= 0.6 is 0 Å². The molecule has 2 heterocycles. The van der Waals surface area contributed by atoms with Gasteiger partial charge in [-0.1, -0.05) is 23.8 Å². The Morgan fingerprint density at radius 2 is 1.97 bits per heavy atom. The number of aliphatic hydroxyl groups is 1. The number of hydrogen-bond acceptors (Lipinski definition) is 8. The fourth-order valence-electron chi connectivity index (χ4n) is 3.68. The van der Waals surface area contributed by atoms with Crippen LogP contribution in [0.5, 0.6) is 28.7 Å². The van der Waals surface area contributed by atoms with Gasteiger partial charge in [-0.15, -0.1) is 0 Å². The van der Waals surface area contributed by atoms with Gasteiger partial charge in [-0.25, -0.2) is 0 Å². The van der Waals surface area contributed by atoms with Gasteiger partial charge < -0.3 is 33.6 Å². The van der Waals surface area contributed by atoms with Crippen molar-refractivity contribution in [3.05, 3.63) is 64.6 Å². The number of phenolic OH excluding ortho intramolecular Hbond substituents is 1. The van der Waals surface area contributed by atoms with E-state index in [0.717, 1.165) is 5.57 Å². The number of aromatic hydroxyl groups is 1. The van der Waals surface area contributed by atoms with Crippen molar-refractivity contribution in [2.24, 2.45) is 0 Å². The van der Waals surface area contributed by atoms with E-state index in [1.165, 1.54) is 19.4 Å². The van der Waals surface area contributed by atoms with Crippen molar-refractivity contribution in [2.45, 2.75) is 32.8 Å². The topological polar surface area (TPSA) is 108 Å². The summed E-state index contributed by atoms with van der Waals surface area (Å²) in [6.45, 7) is 5.70. The van der Waals surface area contributed by atoms with Crippen molar-refractivity contribution in [3.63, 3.8) is 0 Å². The SMILES string of the molecule is COc1c(OCC=C(C)CC=CC(C)(C)O)cc2occ(-c3ccc4c(c3)OCO4)c(=O)c2c1O. The maximum absolute atomic E-state index is 13.3. The van der Waals surface area contributed by atoms with Crippen molar-refractivity contribution in [1.29, 1.82) is 0 Å². The normalized spacial score (nSPS) is 13.6. The third-order valence-corrected chi connectivity index (χ3v) is 5.48. The molecule has 8 nitrogen and oxygen atoms in total. The van der Waals surface area contributed by atoms with E-state index in [2.05, 4.69) is 0 Å². The molecule has 184 valence electrons. The first kappa shape index (κ1) is 24.2. The molecular weight excluding hydrogens is 452 g/mol. The fourth-order valence-corrected chi connectivity index (χ4v) is 3.68. The van der Waals surface area contributed by atoms with Gasteiger partial charge in [0.1, 0.15) is 23.8 Å². The summed E-state index contributed by atoms with van der Waals surface area (Å²) in [5.41, 5.74) is 0.763. The maximum atomic E-state index is 13.3. The summed E-state index contributed by atoms with van der Waals surface area (Å²) in [6, 6.07) is 6.66. The fraction of sp³-hybridized carbons (Fsp3) is 0.296. The molecule has 0 aliphatic carbocycles. The zero-order valence-corrected chi connectivity index (χ0v) is 20.1. The van der Waals surface area contributed by atoms with Crippen LogP contribution < -0.4 is 24.4 Å². The van der Waals surface area contributed by atoms with Crippen LogP contribution in [0.15, 0.2) is 63.5 Å². The lowest BCUT2D eigenvalue weighted by Gasteiger charge is -2.13. The summed E-state index contributed by atoms with van der Waals surface area (Å²) in [5.74, 6) is 1.06. The molecule has 0 atom stereocenters. The van der Waals surface area contributed by atoms with E-state index in [4.69, 9.17) is 23.4 Å². The van der Waals surface area contributed by atoms with Crippen LogP contribution in [-0.2, 0) is 0 Å². The van der Waals surface area contributed by atoms with Gasteiger partial charge in [0.05, 0.1) is 18.3 Å². The van der Waals surface area contributed by atoms with E-state index in [9.17, 15) is 15.0 Å². The highest BCUT2D eigenvalue weighted by Crippen LogP contribution is 2.42. The van der Waals surface area contributed by atoms with Crippen molar-refractivity contribution in [3.8, 4) is 39.9 Å². The molecule has 1 aromatic heterocycles. The second-order valence-corrected chi connectivity index (χ2v) is 8.80. The Morgan fingerprint density at radius 3 is 2.71 bits per heavy atom. The first-order chi connectivity index (χ1) is 16.7. The number of fused-ring (bicyclic) bond motifs is 2. The minimum Gasteiger partial charge on any atom is -0.504 e. The van der Waals surface area contributed by atoms with Gasteiger partial charge in [0.2, 0.25) is 18.0 Å². The average molecular weight is 481 g/mol. The first-order valence-corrected chi connectivity index (χ1v) is 11.1. The lowest BCUT2D eigenvalue weighted by molar-refractivity contribution is 0.133. The molecule has 4 rings (SSSR count). The van der Waals surface area contributed by atoms with Crippen LogP contribution in [0.4, 0.5) is 0 Å². The summed E-state index contributed by atoms with van der Waals surface area (Å²) < 4.78 is 27.6. The zero-order chi connectivity index (χ0) is 25.2. The summed E-state index contributed by atoms with van der Waals surface area (Å²) in [5, 5.41) is 20.6. The zero-order valence-electron chi connectivity index (χ0n) is 20.1. The molecule has 0 amide bonds. The van der Waals surface area contributed by atoms with Crippen LogP contribution in [0.25, 0.3) is 22.1 Å². The highest BCUT2D eigenvalue weighted by molar-refractivity contribution is 5.91. The van der Waals surface area contributed by atoms with Crippen LogP contribution in [-0.4, -0.2) is 36.3 Å². The summed E-state index contributed by atoms with van der Waals surface area (Å²) in [7, 11) is 1.39. The Balaban J connectivity index is 1.61. The molecule has 1 aliphatic heterocycles. The number of phenols is 1. The molecule has 3 aromatic rings. The van der Waals surface area contributed by atoms with Crippen molar-refractivity contribution >= 4 is 11.0 Å².